The molecular formula is C15H22N2O3. The van der Waals surface area contributed by atoms with Crippen LogP contribution in [-0.2, 0) is 16.0 Å². The molecule has 0 fully saturated rings. The van der Waals surface area contributed by atoms with Crippen LogP contribution in [-0.4, -0.2) is 29.6 Å². The van der Waals surface area contributed by atoms with Gasteiger partial charge in [-0.25, -0.2) is 0 Å². The Balaban J connectivity index is 2.55. The molecular weight excluding hydrogens is 256 g/mol. The maximum absolute atomic E-state index is 11.9. The molecule has 0 saturated carbocycles. The molecule has 2 amide bonds. The highest BCUT2D eigenvalue weighted by molar-refractivity contribution is 5.88. The van der Waals surface area contributed by atoms with Gasteiger partial charge in [0.05, 0.1) is 19.1 Å². The molecule has 20 heavy (non-hydrogen) atoms. The van der Waals surface area contributed by atoms with Gasteiger partial charge in [0.25, 0.3) is 0 Å². The number of carbonyl (C=O) groups is 2. The number of amides is 2. The van der Waals surface area contributed by atoms with E-state index in [-0.39, 0.29) is 36.8 Å². The molecule has 5 heteroatoms. The third-order valence-corrected chi connectivity index (χ3v) is 2.99. The number of benzene rings is 1. The fourth-order valence-corrected chi connectivity index (χ4v) is 1.78. The smallest absolute Gasteiger partial charge is 0.224 e. The molecule has 3 N–H and O–H groups in total. The summed E-state index contributed by atoms with van der Waals surface area (Å²) in [6, 6.07) is 6.90. The van der Waals surface area contributed by atoms with Crippen LogP contribution in [0, 0.1) is 5.92 Å². The van der Waals surface area contributed by atoms with E-state index in [2.05, 4.69) is 10.6 Å². The van der Waals surface area contributed by atoms with Crippen LogP contribution in [0.2, 0.25) is 0 Å². The van der Waals surface area contributed by atoms with Gasteiger partial charge in [-0.3, -0.25) is 9.59 Å². The van der Waals surface area contributed by atoms with E-state index in [4.69, 9.17) is 0 Å². The highest BCUT2D eigenvalue weighted by Crippen LogP contribution is 2.10. The Hall–Kier alpha value is -1.88. The van der Waals surface area contributed by atoms with Crippen molar-refractivity contribution in [2.24, 2.45) is 5.92 Å². The van der Waals surface area contributed by atoms with Crippen LogP contribution in [0.4, 0.5) is 5.69 Å². The minimum Gasteiger partial charge on any atom is -0.394 e. The lowest BCUT2D eigenvalue weighted by Crippen LogP contribution is -2.41. The average molecular weight is 278 g/mol. The SMILES string of the molecule is CC(=O)Nc1ccc(CC(=O)N[C@H](CO)C(C)C)cc1. The van der Waals surface area contributed by atoms with Gasteiger partial charge in [-0.15, -0.1) is 0 Å². The number of anilines is 1. The summed E-state index contributed by atoms with van der Waals surface area (Å²) in [5.41, 5.74) is 1.56. The number of hydrogen-bond acceptors (Lipinski definition) is 3. The van der Waals surface area contributed by atoms with Crippen molar-refractivity contribution in [3.63, 3.8) is 0 Å². The Bertz CT molecular complexity index is 455. The van der Waals surface area contributed by atoms with Crippen molar-refractivity contribution < 1.29 is 14.7 Å². The van der Waals surface area contributed by atoms with Gasteiger partial charge in [0.2, 0.25) is 11.8 Å². The Morgan fingerprint density at radius 2 is 1.80 bits per heavy atom. The van der Waals surface area contributed by atoms with Gasteiger partial charge in [0, 0.05) is 12.6 Å². The molecule has 0 bridgehead atoms. The van der Waals surface area contributed by atoms with E-state index in [1.165, 1.54) is 6.92 Å². The van der Waals surface area contributed by atoms with Gasteiger partial charge in [-0.05, 0) is 23.6 Å². The quantitative estimate of drug-likeness (QED) is 0.734. The van der Waals surface area contributed by atoms with Crippen LogP contribution < -0.4 is 10.6 Å². The second-order valence-corrected chi connectivity index (χ2v) is 5.16. The molecule has 5 nitrogen and oxygen atoms in total. The van der Waals surface area contributed by atoms with Crippen LogP contribution in [0.5, 0.6) is 0 Å². The fourth-order valence-electron chi connectivity index (χ4n) is 1.78. The van der Waals surface area contributed by atoms with Crippen LogP contribution in [0.3, 0.4) is 0 Å². The number of rotatable bonds is 6. The van der Waals surface area contributed by atoms with Gasteiger partial charge in [-0.1, -0.05) is 26.0 Å². The monoisotopic (exact) mass is 278 g/mol. The summed E-state index contributed by atoms with van der Waals surface area (Å²) in [6.07, 6.45) is 0.254. The van der Waals surface area contributed by atoms with Gasteiger partial charge >= 0.3 is 0 Å². The number of nitrogens with one attached hydrogen (secondary N) is 2. The lowest BCUT2D eigenvalue weighted by molar-refractivity contribution is -0.121. The average Bonchev–Trinajstić information content (AvgIpc) is 2.37. The van der Waals surface area contributed by atoms with Crippen molar-refractivity contribution >= 4 is 17.5 Å². The standard InChI is InChI=1S/C15H22N2O3/c1-10(2)14(9-18)17-15(20)8-12-4-6-13(7-5-12)16-11(3)19/h4-7,10,14,18H,8-9H2,1-3H3,(H,16,19)(H,17,20)/t14-/m1/s1. The summed E-state index contributed by atoms with van der Waals surface area (Å²) in [5, 5.41) is 14.6. The molecule has 1 rings (SSSR count). The Morgan fingerprint density at radius 3 is 2.25 bits per heavy atom. The van der Waals surface area contributed by atoms with E-state index >= 15 is 0 Å². The van der Waals surface area contributed by atoms with Gasteiger partial charge < -0.3 is 15.7 Å². The summed E-state index contributed by atoms with van der Waals surface area (Å²) < 4.78 is 0. The lowest BCUT2D eigenvalue weighted by Gasteiger charge is -2.19. The maximum atomic E-state index is 11.9. The van der Waals surface area contributed by atoms with E-state index in [0.717, 1.165) is 5.56 Å². The van der Waals surface area contributed by atoms with E-state index < -0.39 is 0 Å². The number of aliphatic hydroxyl groups is 1. The topological polar surface area (TPSA) is 78.4 Å². The molecule has 0 aromatic heterocycles. The normalized spacial score (nSPS) is 12.1. The first-order chi connectivity index (χ1) is 9.42. The molecule has 110 valence electrons. The highest BCUT2D eigenvalue weighted by atomic mass is 16.3. The van der Waals surface area contributed by atoms with Gasteiger partial charge in [0.1, 0.15) is 0 Å². The van der Waals surface area contributed by atoms with Crippen LogP contribution >= 0.6 is 0 Å². The van der Waals surface area contributed by atoms with Crippen LogP contribution in [0.25, 0.3) is 0 Å². The Labute approximate surface area is 119 Å². The van der Waals surface area contributed by atoms with Crippen molar-refractivity contribution in [3.05, 3.63) is 29.8 Å². The largest absolute Gasteiger partial charge is 0.394 e. The summed E-state index contributed by atoms with van der Waals surface area (Å²) >= 11 is 0. The molecule has 1 atom stereocenters. The first-order valence-electron chi connectivity index (χ1n) is 6.69. The maximum Gasteiger partial charge on any atom is 0.224 e. The number of carbonyl (C=O) groups excluding carboxylic acids is 2. The van der Waals surface area contributed by atoms with E-state index in [1.54, 1.807) is 24.3 Å². The van der Waals surface area contributed by atoms with E-state index in [9.17, 15) is 14.7 Å². The number of hydrogen-bond donors (Lipinski definition) is 3. The lowest BCUT2D eigenvalue weighted by atomic mass is 10.0. The third kappa shape index (κ3) is 5.40. The molecule has 0 aliphatic heterocycles. The zero-order valence-corrected chi connectivity index (χ0v) is 12.1. The molecule has 0 radical (unpaired) electrons. The predicted molar refractivity (Wildman–Crippen MR) is 78.3 cm³/mol. The zero-order valence-electron chi connectivity index (χ0n) is 12.1. The molecule has 1 aromatic rings. The molecule has 0 heterocycles. The molecule has 0 spiro atoms. The number of aliphatic hydroxyl groups excluding tert-OH is 1. The first kappa shape index (κ1) is 16.2. The molecule has 1 aromatic carbocycles. The second-order valence-electron chi connectivity index (χ2n) is 5.16. The zero-order chi connectivity index (χ0) is 15.1. The summed E-state index contributed by atoms with van der Waals surface area (Å²) in [6.45, 7) is 5.28. The Morgan fingerprint density at radius 1 is 1.20 bits per heavy atom. The van der Waals surface area contributed by atoms with Crippen molar-refractivity contribution in [3.8, 4) is 0 Å². The van der Waals surface area contributed by atoms with Crippen LogP contribution in [0.1, 0.15) is 26.3 Å². The van der Waals surface area contributed by atoms with Crippen molar-refractivity contribution in [2.75, 3.05) is 11.9 Å². The molecule has 0 saturated heterocycles. The highest BCUT2D eigenvalue weighted by Gasteiger charge is 2.15. The minimum absolute atomic E-state index is 0.0646. The third-order valence-electron chi connectivity index (χ3n) is 2.99. The fraction of sp³-hybridized carbons (Fsp3) is 0.467. The van der Waals surface area contributed by atoms with Crippen molar-refractivity contribution in [1.82, 2.24) is 5.32 Å². The second kappa shape index (κ2) is 7.65. The van der Waals surface area contributed by atoms with Crippen LogP contribution in [0.15, 0.2) is 24.3 Å². The molecule has 0 aliphatic carbocycles. The van der Waals surface area contributed by atoms with Gasteiger partial charge in [0.15, 0.2) is 0 Å². The van der Waals surface area contributed by atoms with Crippen molar-refractivity contribution in [2.45, 2.75) is 33.2 Å². The van der Waals surface area contributed by atoms with E-state index in [0.29, 0.717) is 5.69 Å². The van der Waals surface area contributed by atoms with Crippen molar-refractivity contribution in [1.29, 1.82) is 0 Å². The Kier molecular flexibility index (Phi) is 6.18. The summed E-state index contributed by atoms with van der Waals surface area (Å²) in [7, 11) is 0. The minimum atomic E-state index is -0.221. The van der Waals surface area contributed by atoms with Gasteiger partial charge in [-0.2, -0.15) is 0 Å². The summed E-state index contributed by atoms with van der Waals surface area (Å²) in [4.78, 5) is 22.8. The first-order valence-corrected chi connectivity index (χ1v) is 6.69. The van der Waals surface area contributed by atoms with E-state index in [1.807, 2.05) is 13.8 Å². The predicted octanol–water partition coefficient (Wildman–Crippen LogP) is 1.32. The summed E-state index contributed by atoms with van der Waals surface area (Å²) in [5.74, 6) is -0.0608. The molecule has 0 unspecified atom stereocenters. The molecule has 0 aliphatic rings.